The maximum absolute atomic E-state index is 13.8. The van der Waals surface area contributed by atoms with Gasteiger partial charge in [-0.3, -0.25) is 9.59 Å². The molecule has 1 fully saturated rings. The number of carbonyl (C=O) groups is 2. The second-order valence-electron chi connectivity index (χ2n) is 11.4. The molecule has 1 aliphatic heterocycles. The summed E-state index contributed by atoms with van der Waals surface area (Å²) in [6.07, 6.45) is 5.71. The standard InChI is InChI=1S/C36H35F2N3O3/c1-4-36(37,38)28-7-11-30(12-8-28)44-29-9-5-26(6-10-29)35(43)41-19-15-25(16-20-41)21-27-22-33-24(3)32(34(42)40-18-17-39)14-13-31(33)23(27)2/h4-14,22,25,27H,1,15-16,18-21H2,2-3H3,(H,40,42). The number of alkyl halides is 2. The normalized spacial score (nSPS) is 16.5. The van der Waals surface area contributed by atoms with E-state index in [9.17, 15) is 18.4 Å². The average Bonchev–Trinajstić information content (AvgIpc) is 3.36. The zero-order valence-corrected chi connectivity index (χ0v) is 24.9. The molecule has 44 heavy (non-hydrogen) atoms. The molecule has 226 valence electrons. The SMILES string of the molecule is C=CC(F)(F)c1ccc(Oc2ccc(C(=O)N3CCC(CC4C=c5c(C)c(C(=O)NCC#N)ccc5=C4C)CC3)cc2)cc1. The Bertz CT molecular complexity index is 1730. The molecule has 5 rings (SSSR count). The molecule has 1 atom stereocenters. The van der Waals surface area contributed by atoms with E-state index in [0.717, 1.165) is 30.0 Å². The van der Waals surface area contributed by atoms with Gasteiger partial charge in [0, 0.05) is 29.8 Å². The van der Waals surface area contributed by atoms with Crippen LogP contribution in [0, 0.1) is 30.1 Å². The van der Waals surface area contributed by atoms with Crippen LogP contribution in [0.2, 0.25) is 0 Å². The summed E-state index contributed by atoms with van der Waals surface area (Å²) in [5, 5.41) is 13.7. The van der Waals surface area contributed by atoms with Crippen LogP contribution in [0.5, 0.6) is 11.5 Å². The van der Waals surface area contributed by atoms with Crippen molar-refractivity contribution in [2.75, 3.05) is 19.6 Å². The minimum Gasteiger partial charge on any atom is -0.457 e. The maximum atomic E-state index is 13.8. The fraction of sp³-hybridized carbons (Fsp3) is 0.306. The molecular formula is C36H35F2N3O3. The monoisotopic (exact) mass is 595 g/mol. The summed E-state index contributed by atoms with van der Waals surface area (Å²) in [7, 11) is 0. The first-order valence-electron chi connectivity index (χ1n) is 14.8. The Kier molecular flexibility index (Phi) is 8.96. The maximum Gasteiger partial charge on any atom is 0.291 e. The summed E-state index contributed by atoms with van der Waals surface area (Å²) in [4.78, 5) is 27.6. The quantitative estimate of drug-likeness (QED) is 0.249. The van der Waals surface area contributed by atoms with Gasteiger partial charge in [-0.25, -0.2) is 0 Å². The number of nitriles is 1. The van der Waals surface area contributed by atoms with Crippen LogP contribution >= 0.6 is 0 Å². The minimum absolute atomic E-state index is 0.0207. The molecule has 0 spiro atoms. The van der Waals surface area contributed by atoms with E-state index in [0.29, 0.717) is 47.7 Å². The summed E-state index contributed by atoms with van der Waals surface area (Å²) >= 11 is 0. The predicted octanol–water partition coefficient (Wildman–Crippen LogP) is 5.84. The number of nitrogens with one attached hydrogen (secondary N) is 1. The van der Waals surface area contributed by atoms with Crippen LogP contribution in [0.15, 0.2) is 73.3 Å². The Morgan fingerprint density at radius 3 is 2.30 bits per heavy atom. The highest BCUT2D eigenvalue weighted by Crippen LogP contribution is 2.32. The summed E-state index contributed by atoms with van der Waals surface area (Å²) in [6, 6.07) is 18.2. The molecule has 1 unspecified atom stereocenters. The van der Waals surface area contributed by atoms with Gasteiger partial charge in [0.05, 0.1) is 6.07 Å². The first-order valence-corrected chi connectivity index (χ1v) is 14.8. The summed E-state index contributed by atoms with van der Waals surface area (Å²) in [6.45, 7) is 8.64. The van der Waals surface area contributed by atoms with Gasteiger partial charge in [-0.15, -0.1) is 0 Å². The first-order chi connectivity index (χ1) is 21.1. The van der Waals surface area contributed by atoms with E-state index in [2.05, 4.69) is 24.9 Å². The van der Waals surface area contributed by atoms with Gasteiger partial charge in [-0.2, -0.15) is 14.0 Å². The van der Waals surface area contributed by atoms with Crippen molar-refractivity contribution in [2.24, 2.45) is 11.8 Å². The average molecular weight is 596 g/mol. The van der Waals surface area contributed by atoms with Crippen LogP contribution in [-0.2, 0) is 5.92 Å². The van der Waals surface area contributed by atoms with Crippen molar-refractivity contribution in [3.63, 3.8) is 0 Å². The fourth-order valence-corrected chi connectivity index (χ4v) is 6.10. The van der Waals surface area contributed by atoms with Crippen molar-refractivity contribution in [2.45, 2.75) is 39.0 Å². The molecule has 1 heterocycles. The number of rotatable bonds is 9. The molecular weight excluding hydrogens is 560 g/mol. The van der Waals surface area contributed by atoms with Crippen molar-refractivity contribution in [1.29, 1.82) is 5.26 Å². The third kappa shape index (κ3) is 6.42. The van der Waals surface area contributed by atoms with Crippen LogP contribution in [-0.4, -0.2) is 36.3 Å². The number of ether oxygens (including phenoxy) is 1. The van der Waals surface area contributed by atoms with Gasteiger partial charge in [0.2, 0.25) is 0 Å². The molecule has 0 saturated carbocycles. The van der Waals surface area contributed by atoms with Crippen LogP contribution in [0.3, 0.4) is 0 Å². The number of halogens is 2. The van der Waals surface area contributed by atoms with E-state index in [1.807, 2.05) is 30.0 Å². The lowest BCUT2D eigenvalue weighted by Crippen LogP contribution is -2.38. The zero-order valence-electron chi connectivity index (χ0n) is 24.9. The van der Waals surface area contributed by atoms with E-state index in [1.165, 1.54) is 35.1 Å². The number of amides is 2. The van der Waals surface area contributed by atoms with Gasteiger partial charge in [0.25, 0.3) is 17.7 Å². The van der Waals surface area contributed by atoms with Crippen molar-refractivity contribution >= 4 is 23.5 Å². The van der Waals surface area contributed by atoms with Gasteiger partial charge < -0.3 is 15.0 Å². The van der Waals surface area contributed by atoms with E-state index >= 15 is 0 Å². The molecule has 3 aromatic rings. The molecule has 0 radical (unpaired) electrons. The summed E-state index contributed by atoms with van der Waals surface area (Å²) in [5.41, 5.74) is 3.25. The van der Waals surface area contributed by atoms with Crippen LogP contribution in [0.4, 0.5) is 8.78 Å². The van der Waals surface area contributed by atoms with Crippen molar-refractivity contribution in [3.05, 3.63) is 106 Å². The van der Waals surface area contributed by atoms with Gasteiger partial charge in [0.1, 0.15) is 18.0 Å². The second kappa shape index (κ2) is 12.8. The topological polar surface area (TPSA) is 82.4 Å². The highest BCUT2D eigenvalue weighted by atomic mass is 19.3. The van der Waals surface area contributed by atoms with E-state index < -0.39 is 5.92 Å². The summed E-state index contributed by atoms with van der Waals surface area (Å²) < 4.78 is 33.3. The van der Waals surface area contributed by atoms with E-state index in [4.69, 9.17) is 10.00 Å². The third-order valence-electron chi connectivity index (χ3n) is 8.76. The number of allylic oxidation sites excluding steroid dienone is 1. The number of fused-ring (bicyclic) bond motifs is 1. The molecule has 2 amide bonds. The number of nitrogens with zero attached hydrogens (tertiary/aromatic N) is 2. The fourth-order valence-electron chi connectivity index (χ4n) is 6.10. The number of likely N-dealkylation sites (tertiary alicyclic amines) is 1. The van der Waals surface area contributed by atoms with Gasteiger partial charge in [-0.1, -0.05) is 24.3 Å². The highest BCUT2D eigenvalue weighted by Gasteiger charge is 2.28. The summed E-state index contributed by atoms with van der Waals surface area (Å²) in [5.74, 6) is -1.66. The molecule has 1 saturated heterocycles. The zero-order chi connectivity index (χ0) is 31.4. The van der Waals surface area contributed by atoms with Crippen molar-refractivity contribution in [3.8, 4) is 17.6 Å². The Morgan fingerprint density at radius 2 is 1.68 bits per heavy atom. The Labute approximate surface area is 256 Å². The van der Waals surface area contributed by atoms with E-state index in [-0.39, 0.29) is 29.8 Å². The molecule has 2 aliphatic rings. The first kappa shape index (κ1) is 30.7. The minimum atomic E-state index is -3.10. The van der Waals surface area contributed by atoms with E-state index in [1.54, 1.807) is 24.3 Å². The molecule has 1 aliphatic carbocycles. The number of hydrogen-bond acceptors (Lipinski definition) is 4. The smallest absolute Gasteiger partial charge is 0.291 e. The molecule has 1 N–H and O–H groups in total. The second-order valence-corrected chi connectivity index (χ2v) is 11.4. The van der Waals surface area contributed by atoms with Crippen molar-refractivity contribution < 1.29 is 23.1 Å². The van der Waals surface area contributed by atoms with Gasteiger partial charge >= 0.3 is 0 Å². The molecule has 3 aromatic carbocycles. The van der Waals surface area contributed by atoms with Crippen LogP contribution in [0.25, 0.3) is 11.6 Å². The number of piperidine rings is 1. The highest BCUT2D eigenvalue weighted by molar-refractivity contribution is 5.96. The number of benzene rings is 3. The predicted molar refractivity (Wildman–Crippen MR) is 166 cm³/mol. The largest absolute Gasteiger partial charge is 0.457 e. The van der Waals surface area contributed by atoms with Crippen molar-refractivity contribution in [1.82, 2.24) is 10.2 Å². The number of carbonyl (C=O) groups excluding carboxylic acids is 2. The Hall–Kier alpha value is -4.77. The molecule has 0 bridgehead atoms. The molecule has 6 nitrogen and oxygen atoms in total. The van der Waals surface area contributed by atoms with Gasteiger partial charge in [0.15, 0.2) is 0 Å². The lowest BCUT2D eigenvalue weighted by molar-refractivity contribution is 0.0525. The Morgan fingerprint density at radius 1 is 1.05 bits per heavy atom. The molecule has 8 heteroatoms. The molecule has 0 aromatic heterocycles. The lowest BCUT2D eigenvalue weighted by Gasteiger charge is -2.33. The lowest BCUT2D eigenvalue weighted by atomic mass is 9.85. The van der Waals surface area contributed by atoms with Crippen LogP contribution < -0.4 is 20.5 Å². The van der Waals surface area contributed by atoms with Gasteiger partial charge in [-0.05, 0) is 122 Å². The van der Waals surface area contributed by atoms with Crippen LogP contribution in [0.1, 0.15) is 58.0 Å². The Balaban J connectivity index is 1.16. The third-order valence-corrected chi connectivity index (χ3v) is 8.76. The number of hydrogen-bond donors (Lipinski definition) is 1.